The lowest BCUT2D eigenvalue weighted by molar-refractivity contribution is 0.181. The van der Waals surface area contributed by atoms with Crippen LogP contribution >= 0.6 is 0 Å². The molecule has 1 fully saturated rings. The average Bonchev–Trinajstić information content (AvgIpc) is 2.29. The summed E-state index contributed by atoms with van der Waals surface area (Å²) < 4.78 is 28.0. The van der Waals surface area contributed by atoms with Gasteiger partial charge < -0.3 is 5.73 Å². The highest BCUT2D eigenvalue weighted by molar-refractivity contribution is 7.86. The second kappa shape index (κ2) is 6.13. The van der Waals surface area contributed by atoms with E-state index in [9.17, 15) is 8.42 Å². The molecule has 0 aromatic carbocycles. The molecule has 17 heavy (non-hydrogen) atoms. The molecule has 0 aliphatic carbocycles. The Morgan fingerprint density at radius 1 is 1.35 bits per heavy atom. The third-order valence-corrected chi connectivity index (χ3v) is 5.85. The zero-order valence-electron chi connectivity index (χ0n) is 11.1. The summed E-state index contributed by atoms with van der Waals surface area (Å²) in [5, 5.41) is 0. The molecule has 1 aliphatic heterocycles. The molecule has 2 N–H and O–H groups in total. The average molecular weight is 263 g/mol. The van der Waals surface area contributed by atoms with E-state index in [0.29, 0.717) is 32.1 Å². The first-order valence-corrected chi connectivity index (χ1v) is 7.85. The normalized spacial score (nSPS) is 27.6. The number of hydrogen-bond donors (Lipinski definition) is 1. The Kier molecular flexibility index (Phi) is 5.37. The zero-order valence-corrected chi connectivity index (χ0v) is 11.9. The van der Waals surface area contributed by atoms with Gasteiger partial charge in [-0.3, -0.25) is 0 Å². The molecule has 1 saturated heterocycles. The zero-order chi connectivity index (χ0) is 13.1. The first kappa shape index (κ1) is 14.9. The van der Waals surface area contributed by atoms with E-state index < -0.39 is 10.2 Å². The summed E-state index contributed by atoms with van der Waals surface area (Å²) in [5.74, 6) is 0.346. The minimum Gasteiger partial charge on any atom is -0.329 e. The van der Waals surface area contributed by atoms with Gasteiger partial charge in [0.1, 0.15) is 0 Å². The highest BCUT2D eigenvalue weighted by atomic mass is 32.2. The summed E-state index contributed by atoms with van der Waals surface area (Å²) in [6.45, 7) is 7.86. The van der Waals surface area contributed by atoms with Gasteiger partial charge in [0.05, 0.1) is 0 Å². The van der Waals surface area contributed by atoms with Crippen LogP contribution in [0.1, 0.15) is 33.6 Å². The van der Waals surface area contributed by atoms with Crippen LogP contribution in [0.3, 0.4) is 0 Å². The molecule has 0 unspecified atom stereocenters. The molecule has 1 aliphatic rings. The van der Waals surface area contributed by atoms with E-state index in [1.807, 2.05) is 13.8 Å². The van der Waals surface area contributed by atoms with Gasteiger partial charge in [0, 0.05) is 32.2 Å². The monoisotopic (exact) mass is 263 g/mol. The predicted molar refractivity (Wildman–Crippen MR) is 69.8 cm³/mol. The van der Waals surface area contributed by atoms with E-state index in [4.69, 9.17) is 5.73 Å². The van der Waals surface area contributed by atoms with Gasteiger partial charge in [0.15, 0.2) is 0 Å². The van der Waals surface area contributed by atoms with Crippen LogP contribution in [0.5, 0.6) is 0 Å². The smallest absolute Gasteiger partial charge is 0.282 e. The Hall–Kier alpha value is -0.170. The highest BCUT2D eigenvalue weighted by Gasteiger charge is 2.37. The van der Waals surface area contributed by atoms with Crippen molar-refractivity contribution in [1.29, 1.82) is 0 Å². The number of rotatable bonds is 5. The quantitative estimate of drug-likeness (QED) is 0.791. The minimum atomic E-state index is -3.33. The molecule has 0 aromatic heterocycles. The molecular weight excluding hydrogens is 238 g/mol. The number of piperidine rings is 1. The van der Waals surface area contributed by atoms with E-state index in [1.165, 1.54) is 4.31 Å². The summed E-state index contributed by atoms with van der Waals surface area (Å²) >= 11 is 0. The molecular formula is C11H25N3O2S. The maximum atomic E-state index is 12.5. The fourth-order valence-electron chi connectivity index (χ4n) is 2.55. The van der Waals surface area contributed by atoms with Crippen molar-refractivity contribution in [2.24, 2.45) is 11.7 Å². The van der Waals surface area contributed by atoms with Gasteiger partial charge in [-0.15, -0.1) is 0 Å². The van der Waals surface area contributed by atoms with E-state index in [0.717, 1.165) is 12.8 Å². The Bertz CT molecular complexity index is 328. The molecule has 102 valence electrons. The van der Waals surface area contributed by atoms with Gasteiger partial charge >= 0.3 is 0 Å². The summed E-state index contributed by atoms with van der Waals surface area (Å²) in [6.07, 6.45) is 1.99. The van der Waals surface area contributed by atoms with Crippen molar-refractivity contribution in [2.75, 3.05) is 26.2 Å². The molecule has 0 amide bonds. The fraction of sp³-hybridized carbons (Fsp3) is 1.00. The number of nitrogens with two attached hydrogens (primary N) is 1. The highest BCUT2D eigenvalue weighted by Crippen LogP contribution is 2.26. The van der Waals surface area contributed by atoms with Gasteiger partial charge in [0.2, 0.25) is 0 Å². The van der Waals surface area contributed by atoms with Gasteiger partial charge in [0.25, 0.3) is 10.2 Å². The van der Waals surface area contributed by atoms with Gasteiger partial charge in [-0.1, -0.05) is 20.8 Å². The van der Waals surface area contributed by atoms with Gasteiger partial charge in [-0.05, 0) is 18.8 Å². The topological polar surface area (TPSA) is 66.6 Å². The van der Waals surface area contributed by atoms with Crippen molar-refractivity contribution in [1.82, 2.24) is 8.61 Å². The second-order valence-electron chi connectivity index (χ2n) is 4.63. The largest absolute Gasteiger partial charge is 0.329 e. The minimum absolute atomic E-state index is 0.0469. The van der Waals surface area contributed by atoms with Gasteiger partial charge in [-0.2, -0.15) is 17.0 Å². The van der Waals surface area contributed by atoms with Crippen LogP contribution in [0, 0.1) is 5.92 Å². The summed E-state index contributed by atoms with van der Waals surface area (Å²) in [4.78, 5) is 0. The van der Waals surface area contributed by atoms with E-state index in [-0.39, 0.29) is 6.04 Å². The Labute approximate surface area is 105 Å². The first-order valence-electron chi connectivity index (χ1n) is 6.46. The Balaban J connectivity index is 2.95. The molecule has 0 saturated carbocycles. The van der Waals surface area contributed by atoms with E-state index >= 15 is 0 Å². The predicted octanol–water partition coefficient (Wildman–Crippen LogP) is 0.632. The summed E-state index contributed by atoms with van der Waals surface area (Å²) in [7, 11) is -3.33. The van der Waals surface area contributed by atoms with E-state index in [1.54, 1.807) is 4.31 Å². The summed E-state index contributed by atoms with van der Waals surface area (Å²) in [6, 6.07) is -0.0469. The molecule has 1 rings (SSSR count). The third-order valence-electron chi connectivity index (χ3n) is 3.63. The fourth-order valence-corrected chi connectivity index (χ4v) is 4.49. The molecule has 1 heterocycles. The standard InChI is InChI=1S/C11H25N3O2S/c1-4-13(5-2)17(15,16)14-8-6-7-10(3)11(14)9-12/h10-11H,4-9,12H2,1-3H3/t10-,11-/m0/s1. The summed E-state index contributed by atoms with van der Waals surface area (Å²) in [5.41, 5.74) is 5.74. The van der Waals surface area contributed by atoms with Crippen molar-refractivity contribution in [3.63, 3.8) is 0 Å². The van der Waals surface area contributed by atoms with Crippen molar-refractivity contribution in [3.8, 4) is 0 Å². The molecule has 0 bridgehead atoms. The van der Waals surface area contributed by atoms with Crippen LogP contribution in [0.4, 0.5) is 0 Å². The lowest BCUT2D eigenvalue weighted by Gasteiger charge is -2.40. The maximum absolute atomic E-state index is 12.5. The van der Waals surface area contributed by atoms with Crippen LogP contribution < -0.4 is 5.73 Å². The number of nitrogens with zero attached hydrogens (tertiary/aromatic N) is 2. The molecule has 2 atom stereocenters. The van der Waals surface area contributed by atoms with Crippen LogP contribution in [-0.4, -0.2) is 49.2 Å². The maximum Gasteiger partial charge on any atom is 0.282 e. The van der Waals surface area contributed by atoms with Crippen molar-refractivity contribution >= 4 is 10.2 Å². The lowest BCUT2D eigenvalue weighted by atomic mass is 9.93. The Morgan fingerprint density at radius 2 is 1.94 bits per heavy atom. The van der Waals surface area contributed by atoms with Crippen molar-refractivity contribution in [2.45, 2.75) is 39.7 Å². The van der Waals surface area contributed by atoms with E-state index in [2.05, 4.69) is 6.92 Å². The molecule has 0 spiro atoms. The van der Waals surface area contributed by atoms with Crippen LogP contribution in [0.15, 0.2) is 0 Å². The second-order valence-corrected chi connectivity index (χ2v) is 6.51. The van der Waals surface area contributed by atoms with Crippen molar-refractivity contribution in [3.05, 3.63) is 0 Å². The third kappa shape index (κ3) is 2.99. The molecule has 0 aromatic rings. The number of hydrogen-bond acceptors (Lipinski definition) is 3. The molecule has 0 radical (unpaired) electrons. The van der Waals surface area contributed by atoms with Crippen LogP contribution in [0.2, 0.25) is 0 Å². The Morgan fingerprint density at radius 3 is 2.41 bits per heavy atom. The van der Waals surface area contributed by atoms with Gasteiger partial charge in [-0.25, -0.2) is 0 Å². The van der Waals surface area contributed by atoms with Crippen molar-refractivity contribution < 1.29 is 8.42 Å². The lowest BCUT2D eigenvalue weighted by Crippen LogP contribution is -2.55. The molecule has 5 nitrogen and oxygen atoms in total. The first-order chi connectivity index (χ1) is 7.98. The van der Waals surface area contributed by atoms with Crippen LogP contribution in [0.25, 0.3) is 0 Å². The molecule has 6 heteroatoms. The SMILES string of the molecule is CCN(CC)S(=O)(=O)N1CCC[C@H](C)[C@@H]1CN. The van der Waals surface area contributed by atoms with Crippen LogP contribution in [-0.2, 0) is 10.2 Å².